The Kier molecular flexibility index (Phi) is 3.88. The molecule has 2 rings (SSSR count). The number of rotatable bonds is 4. The molecule has 0 atom stereocenters. The lowest BCUT2D eigenvalue weighted by atomic mass is 10.3. The average Bonchev–Trinajstić information content (AvgIpc) is 2.38. The Hall–Kier alpha value is -2.68. The molecule has 96 valence electrons. The van der Waals surface area contributed by atoms with Gasteiger partial charge in [-0.15, -0.1) is 0 Å². The van der Waals surface area contributed by atoms with Gasteiger partial charge in [0.05, 0.1) is 6.07 Å². The number of aromatic nitrogens is 2. The van der Waals surface area contributed by atoms with Crippen LogP contribution in [0.15, 0.2) is 30.3 Å². The summed E-state index contributed by atoms with van der Waals surface area (Å²) in [5, 5.41) is 14.4. The first kappa shape index (κ1) is 12.8. The Morgan fingerprint density at radius 3 is 2.58 bits per heavy atom. The van der Waals surface area contributed by atoms with E-state index in [1.165, 1.54) is 12.1 Å². The first-order valence-corrected chi connectivity index (χ1v) is 5.66. The first-order chi connectivity index (χ1) is 9.17. The van der Waals surface area contributed by atoms with Crippen molar-refractivity contribution in [3.05, 3.63) is 42.0 Å². The lowest BCUT2D eigenvalue weighted by Gasteiger charge is -2.08. The Balaban J connectivity index is 2.17. The van der Waals surface area contributed by atoms with Crippen molar-refractivity contribution >= 4 is 17.3 Å². The summed E-state index contributed by atoms with van der Waals surface area (Å²) in [6, 6.07) is 9.64. The van der Waals surface area contributed by atoms with Crippen LogP contribution in [0.4, 0.5) is 21.7 Å². The highest BCUT2D eigenvalue weighted by atomic mass is 19.1. The van der Waals surface area contributed by atoms with Gasteiger partial charge in [0.15, 0.2) is 0 Å². The van der Waals surface area contributed by atoms with E-state index in [9.17, 15) is 4.39 Å². The van der Waals surface area contributed by atoms with Crippen molar-refractivity contribution < 1.29 is 4.39 Å². The lowest BCUT2D eigenvalue weighted by molar-refractivity contribution is 0.628. The summed E-state index contributed by atoms with van der Waals surface area (Å²) in [7, 11) is 0. The number of hydrogen-bond acceptors (Lipinski definition) is 5. The van der Waals surface area contributed by atoms with E-state index < -0.39 is 0 Å². The van der Waals surface area contributed by atoms with E-state index in [2.05, 4.69) is 20.6 Å². The van der Waals surface area contributed by atoms with E-state index in [0.29, 0.717) is 17.5 Å². The second kappa shape index (κ2) is 5.78. The highest BCUT2D eigenvalue weighted by molar-refractivity contribution is 5.59. The molecule has 0 unspecified atom stereocenters. The molecule has 0 bridgehead atoms. The van der Waals surface area contributed by atoms with Crippen molar-refractivity contribution in [1.29, 1.82) is 5.26 Å². The van der Waals surface area contributed by atoms with E-state index in [1.807, 2.05) is 6.07 Å². The number of benzene rings is 1. The minimum atomic E-state index is -0.291. The van der Waals surface area contributed by atoms with E-state index in [4.69, 9.17) is 5.26 Å². The molecule has 2 N–H and O–H groups in total. The molecule has 0 aliphatic carbocycles. The zero-order chi connectivity index (χ0) is 13.7. The molecule has 0 saturated heterocycles. The molecule has 0 amide bonds. The molecule has 0 aliphatic heterocycles. The van der Waals surface area contributed by atoms with Crippen LogP contribution < -0.4 is 10.6 Å². The predicted molar refractivity (Wildman–Crippen MR) is 70.6 cm³/mol. The molecule has 5 nitrogen and oxygen atoms in total. The molecule has 0 radical (unpaired) electrons. The summed E-state index contributed by atoms with van der Waals surface area (Å²) in [6.45, 7) is 1.93. The molecule has 1 aromatic heterocycles. The monoisotopic (exact) mass is 257 g/mol. The second-order valence-electron chi connectivity index (χ2n) is 3.83. The van der Waals surface area contributed by atoms with Crippen molar-refractivity contribution in [2.75, 3.05) is 17.2 Å². The van der Waals surface area contributed by atoms with Gasteiger partial charge in [0, 0.05) is 11.8 Å². The zero-order valence-electron chi connectivity index (χ0n) is 10.3. The van der Waals surface area contributed by atoms with Crippen molar-refractivity contribution in [1.82, 2.24) is 9.97 Å². The van der Waals surface area contributed by atoms with E-state index in [-0.39, 0.29) is 12.4 Å². The van der Waals surface area contributed by atoms with Crippen LogP contribution in [-0.2, 0) is 0 Å². The lowest BCUT2D eigenvalue weighted by Crippen LogP contribution is -2.04. The summed E-state index contributed by atoms with van der Waals surface area (Å²) in [5.74, 6) is 1.44. The fourth-order valence-corrected chi connectivity index (χ4v) is 1.53. The van der Waals surface area contributed by atoms with E-state index in [1.54, 1.807) is 25.1 Å². The molecule has 6 heteroatoms. The normalized spacial score (nSPS) is 9.74. The van der Waals surface area contributed by atoms with Crippen LogP contribution in [-0.4, -0.2) is 16.5 Å². The Labute approximate surface area is 110 Å². The summed E-state index contributed by atoms with van der Waals surface area (Å²) in [6.07, 6.45) is 0. The highest BCUT2D eigenvalue weighted by Crippen LogP contribution is 2.17. The Morgan fingerprint density at radius 1 is 1.21 bits per heavy atom. The number of nitrogens with zero attached hydrogens (tertiary/aromatic N) is 3. The van der Waals surface area contributed by atoms with Gasteiger partial charge < -0.3 is 10.6 Å². The van der Waals surface area contributed by atoms with Crippen LogP contribution >= 0.6 is 0 Å². The molecular formula is C13H12FN5. The van der Waals surface area contributed by atoms with Crippen LogP contribution in [0.3, 0.4) is 0 Å². The SMILES string of the molecule is Cc1nc(NCC#N)cc(Nc2ccc(F)cc2)n1. The minimum absolute atomic E-state index is 0.173. The Bertz CT molecular complexity index is 603. The van der Waals surface area contributed by atoms with Gasteiger partial charge in [0.1, 0.15) is 29.8 Å². The van der Waals surface area contributed by atoms with Crippen molar-refractivity contribution in [2.45, 2.75) is 6.92 Å². The van der Waals surface area contributed by atoms with Crippen LogP contribution in [0.1, 0.15) is 5.82 Å². The van der Waals surface area contributed by atoms with Gasteiger partial charge in [-0.1, -0.05) is 0 Å². The van der Waals surface area contributed by atoms with Crippen LogP contribution in [0.5, 0.6) is 0 Å². The molecule has 1 aromatic carbocycles. The van der Waals surface area contributed by atoms with Crippen molar-refractivity contribution in [2.24, 2.45) is 0 Å². The van der Waals surface area contributed by atoms with Gasteiger partial charge in [0.25, 0.3) is 0 Å². The van der Waals surface area contributed by atoms with E-state index in [0.717, 1.165) is 5.69 Å². The first-order valence-electron chi connectivity index (χ1n) is 5.66. The smallest absolute Gasteiger partial charge is 0.136 e. The average molecular weight is 257 g/mol. The quantitative estimate of drug-likeness (QED) is 0.823. The number of anilines is 3. The van der Waals surface area contributed by atoms with Gasteiger partial charge in [0.2, 0.25) is 0 Å². The van der Waals surface area contributed by atoms with Crippen LogP contribution in [0.2, 0.25) is 0 Å². The highest BCUT2D eigenvalue weighted by Gasteiger charge is 2.02. The maximum Gasteiger partial charge on any atom is 0.136 e. The fourth-order valence-electron chi connectivity index (χ4n) is 1.53. The van der Waals surface area contributed by atoms with Crippen LogP contribution in [0, 0.1) is 24.1 Å². The predicted octanol–water partition coefficient (Wildman–Crippen LogP) is 2.60. The number of aryl methyl sites for hydroxylation is 1. The third kappa shape index (κ3) is 3.64. The van der Waals surface area contributed by atoms with Gasteiger partial charge in [-0.05, 0) is 31.2 Å². The molecule has 0 aliphatic rings. The Morgan fingerprint density at radius 2 is 1.89 bits per heavy atom. The molecule has 0 spiro atoms. The summed E-state index contributed by atoms with van der Waals surface area (Å²) in [5.41, 5.74) is 0.728. The molecule has 0 saturated carbocycles. The molecule has 2 aromatic rings. The van der Waals surface area contributed by atoms with Gasteiger partial charge >= 0.3 is 0 Å². The standard InChI is InChI=1S/C13H12FN5/c1-9-17-12(16-7-6-15)8-13(18-9)19-11-4-2-10(14)3-5-11/h2-5,8H,7H2,1H3,(H2,16,17,18,19). The van der Waals surface area contributed by atoms with Crippen molar-refractivity contribution in [3.63, 3.8) is 0 Å². The number of halogens is 1. The number of hydrogen-bond donors (Lipinski definition) is 2. The maximum absolute atomic E-state index is 12.8. The van der Waals surface area contributed by atoms with Crippen LogP contribution in [0.25, 0.3) is 0 Å². The zero-order valence-corrected chi connectivity index (χ0v) is 10.3. The number of nitriles is 1. The maximum atomic E-state index is 12.8. The van der Waals surface area contributed by atoms with Gasteiger partial charge in [-0.25, -0.2) is 14.4 Å². The molecule has 0 fully saturated rings. The molecular weight excluding hydrogens is 245 g/mol. The van der Waals surface area contributed by atoms with E-state index >= 15 is 0 Å². The largest absolute Gasteiger partial charge is 0.357 e. The number of nitrogens with one attached hydrogen (secondary N) is 2. The second-order valence-corrected chi connectivity index (χ2v) is 3.83. The fraction of sp³-hybridized carbons (Fsp3) is 0.154. The third-order valence-electron chi connectivity index (χ3n) is 2.30. The summed E-state index contributed by atoms with van der Waals surface area (Å²) >= 11 is 0. The summed E-state index contributed by atoms with van der Waals surface area (Å²) in [4.78, 5) is 8.37. The van der Waals surface area contributed by atoms with Crippen molar-refractivity contribution in [3.8, 4) is 6.07 Å². The molecule has 1 heterocycles. The minimum Gasteiger partial charge on any atom is -0.357 e. The topological polar surface area (TPSA) is 73.6 Å². The van der Waals surface area contributed by atoms with Gasteiger partial charge in [-0.3, -0.25) is 0 Å². The van der Waals surface area contributed by atoms with Gasteiger partial charge in [-0.2, -0.15) is 5.26 Å². The molecule has 19 heavy (non-hydrogen) atoms. The summed E-state index contributed by atoms with van der Waals surface area (Å²) < 4.78 is 12.8. The third-order valence-corrected chi connectivity index (χ3v) is 2.30.